The van der Waals surface area contributed by atoms with Gasteiger partial charge in [0, 0.05) is 0 Å². The van der Waals surface area contributed by atoms with E-state index in [1.807, 2.05) is 0 Å². The normalized spacial score (nSPS) is 12.8. The third-order valence-corrected chi connectivity index (χ3v) is 1.96. The minimum absolute atomic E-state index is 1.02. The number of carboxylic acid groups (broad SMARTS) is 1. The molecule has 0 heterocycles. The van der Waals surface area contributed by atoms with Gasteiger partial charge >= 0.3 is 16.4 Å². The van der Waals surface area contributed by atoms with Crippen molar-refractivity contribution < 1.29 is 37.3 Å². The number of hydrogen-bond acceptors (Lipinski definition) is 6. The number of carboxylic acids is 1. The molecular formula is C5H10O8S. The predicted molar refractivity (Wildman–Crippen MR) is 41.7 cm³/mol. The van der Waals surface area contributed by atoms with Crippen LogP contribution in [0.1, 0.15) is 0 Å². The fraction of sp³-hybridized carbons (Fsp3) is 0.800. The van der Waals surface area contributed by atoms with Gasteiger partial charge in [-0.25, -0.2) is 4.18 Å². The molecule has 8 nitrogen and oxygen atoms in total. The van der Waals surface area contributed by atoms with E-state index in [2.05, 4.69) is 4.18 Å². The second-order valence-electron chi connectivity index (χ2n) is 2.59. The maximum atomic E-state index is 10.5. The molecule has 0 rings (SSSR count). The highest BCUT2D eigenvalue weighted by Crippen LogP contribution is 2.17. The summed E-state index contributed by atoms with van der Waals surface area (Å²) in [5.74, 6) is -1.63. The maximum absolute atomic E-state index is 10.5. The minimum Gasteiger partial charge on any atom is -0.481 e. The Morgan fingerprint density at radius 1 is 1.29 bits per heavy atom. The van der Waals surface area contributed by atoms with Crippen LogP contribution in [0, 0.1) is 5.41 Å². The quantitative estimate of drug-likeness (QED) is 0.379. The van der Waals surface area contributed by atoms with Crippen molar-refractivity contribution in [2.45, 2.75) is 0 Å². The van der Waals surface area contributed by atoms with Crippen LogP contribution in [0.2, 0.25) is 0 Å². The first-order valence-electron chi connectivity index (χ1n) is 3.34. The van der Waals surface area contributed by atoms with Gasteiger partial charge in [-0.05, 0) is 0 Å². The lowest BCUT2D eigenvalue weighted by Gasteiger charge is -2.22. The maximum Gasteiger partial charge on any atom is 0.397 e. The highest BCUT2D eigenvalue weighted by molar-refractivity contribution is 7.80. The fourth-order valence-electron chi connectivity index (χ4n) is 0.526. The van der Waals surface area contributed by atoms with E-state index in [4.69, 9.17) is 19.9 Å². The molecule has 0 radical (unpaired) electrons. The standard InChI is InChI=1S/C5H10O8S/c6-1-5(2-7,4(8)9)3-13-14(10,11)12/h6-7H,1-3H2,(H,8,9)(H,10,11,12). The van der Waals surface area contributed by atoms with Gasteiger partial charge in [-0.1, -0.05) is 0 Å². The van der Waals surface area contributed by atoms with Crippen LogP contribution in [0.4, 0.5) is 0 Å². The SMILES string of the molecule is O=C(O)C(CO)(CO)COS(=O)(=O)O. The van der Waals surface area contributed by atoms with Gasteiger partial charge in [0.25, 0.3) is 0 Å². The van der Waals surface area contributed by atoms with Crippen molar-refractivity contribution >= 4 is 16.4 Å². The zero-order valence-electron chi connectivity index (χ0n) is 6.95. The van der Waals surface area contributed by atoms with Gasteiger partial charge in [0.15, 0.2) is 0 Å². The molecule has 0 saturated heterocycles. The number of aliphatic hydroxyl groups excluding tert-OH is 2. The lowest BCUT2D eigenvalue weighted by molar-refractivity contribution is -0.157. The lowest BCUT2D eigenvalue weighted by Crippen LogP contribution is -2.43. The van der Waals surface area contributed by atoms with E-state index in [9.17, 15) is 13.2 Å². The van der Waals surface area contributed by atoms with Crippen LogP contribution in [-0.2, 0) is 19.4 Å². The van der Waals surface area contributed by atoms with E-state index in [1.54, 1.807) is 0 Å². The smallest absolute Gasteiger partial charge is 0.397 e. The molecule has 0 spiro atoms. The summed E-state index contributed by atoms with van der Waals surface area (Å²) in [6.07, 6.45) is 0. The molecule has 0 atom stereocenters. The summed E-state index contributed by atoms with van der Waals surface area (Å²) >= 11 is 0. The van der Waals surface area contributed by atoms with Gasteiger partial charge in [-0.3, -0.25) is 9.35 Å². The third kappa shape index (κ3) is 3.55. The van der Waals surface area contributed by atoms with Crippen LogP contribution in [0.15, 0.2) is 0 Å². The lowest BCUT2D eigenvalue weighted by atomic mass is 9.92. The monoisotopic (exact) mass is 230 g/mol. The summed E-state index contributed by atoms with van der Waals surface area (Å²) in [6, 6.07) is 0. The molecule has 0 aromatic heterocycles. The summed E-state index contributed by atoms with van der Waals surface area (Å²) in [5, 5.41) is 25.8. The molecule has 0 saturated carbocycles. The number of hydrogen-bond donors (Lipinski definition) is 4. The number of aliphatic carboxylic acids is 1. The fourth-order valence-corrected chi connectivity index (χ4v) is 0.900. The minimum atomic E-state index is -4.80. The summed E-state index contributed by atoms with van der Waals surface area (Å²) in [4.78, 5) is 10.5. The van der Waals surface area contributed by atoms with E-state index in [-0.39, 0.29) is 0 Å². The van der Waals surface area contributed by atoms with Crippen LogP contribution < -0.4 is 0 Å². The van der Waals surface area contributed by atoms with Gasteiger partial charge in [0.05, 0.1) is 19.8 Å². The van der Waals surface area contributed by atoms with Crippen LogP contribution in [0.5, 0.6) is 0 Å². The zero-order valence-corrected chi connectivity index (χ0v) is 7.77. The highest BCUT2D eigenvalue weighted by Gasteiger charge is 2.39. The van der Waals surface area contributed by atoms with Gasteiger partial charge in [0.2, 0.25) is 0 Å². The van der Waals surface area contributed by atoms with Crippen molar-refractivity contribution in [1.29, 1.82) is 0 Å². The predicted octanol–water partition coefficient (Wildman–Crippen LogP) is -2.14. The summed E-state index contributed by atoms with van der Waals surface area (Å²) in [7, 11) is -4.80. The molecule has 0 bridgehead atoms. The molecule has 0 aliphatic carbocycles. The number of carbonyl (C=O) groups is 1. The third-order valence-electron chi connectivity index (χ3n) is 1.54. The molecule has 9 heteroatoms. The Kier molecular flexibility index (Phi) is 4.42. The van der Waals surface area contributed by atoms with Gasteiger partial charge in [-0.15, -0.1) is 0 Å². The van der Waals surface area contributed by atoms with Crippen molar-refractivity contribution in [1.82, 2.24) is 0 Å². The highest BCUT2D eigenvalue weighted by atomic mass is 32.3. The first-order chi connectivity index (χ1) is 6.27. The summed E-state index contributed by atoms with van der Waals surface area (Å²) in [6.45, 7) is -3.09. The van der Waals surface area contributed by atoms with E-state index in [0.29, 0.717) is 0 Å². The van der Waals surface area contributed by atoms with E-state index in [0.717, 1.165) is 0 Å². The van der Waals surface area contributed by atoms with Crippen molar-refractivity contribution in [3.05, 3.63) is 0 Å². The Morgan fingerprint density at radius 2 is 1.71 bits per heavy atom. The summed E-state index contributed by atoms with van der Waals surface area (Å²) in [5.41, 5.74) is -2.14. The van der Waals surface area contributed by atoms with E-state index in [1.165, 1.54) is 0 Å². The Balaban J connectivity index is 4.61. The van der Waals surface area contributed by atoms with Crippen LogP contribution in [-0.4, -0.2) is 54.1 Å². The van der Waals surface area contributed by atoms with Gasteiger partial charge in [-0.2, -0.15) is 8.42 Å². The number of aliphatic hydroxyl groups is 2. The Labute approximate surface area is 79.7 Å². The second kappa shape index (κ2) is 4.66. The average molecular weight is 230 g/mol. The topological polar surface area (TPSA) is 141 Å². The molecule has 0 aliphatic heterocycles. The van der Waals surface area contributed by atoms with E-state index < -0.39 is 41.6 Å². The molecule has 0 aromatic carbocycles. The number of rotatable bonds is 6. The molecule has 0 fully saturated rings. The first kappa shape index (κ1) is 13.3. The van der Waals surface area contributed by atoms with Crippen molar-refractivity contribution in [2.75, 3.05) is 19.8 Å². The molecule has 0 aromatic rings. The Bertz CT molecular complexity index is 289. The van der Waals surface area contributed by atoms with Crippen molar-refractivity contribution in [2.24, 2.45) is 5.41 Å². The molecular weight excluding hydrogens is 220 g/mol. The molecule has 0 amide bonds. The van der Waals surface area contributed by atoms with Crippen LogP contribution >= 0.6 is 0 Å². The average Bonchev–Trinajstić information content (AvgIpc) is 2.04. The van der Waals surface area contributed by atoms with Gasteiger partial charge in [0.1, 0.15) is 5.41 Å². The summed E-state index contributed by atoms with van der Waals surface area (Å²) < 4.78 is 32.1. The largest absolute Gasteiger partial charge is 0.481 e. The van der Waals surface area contributed by atoms with Crippen molar-refractivity contribution in [3.8, 4) is 0 Å². The first-order valence-corrected chi connectivity index (χ1v) is 4.71. The van der Waals surface area contributed by atoms with Crippen molar-refractivity contribution in [3.63, 3.8) is 0 Å². The zero-order chi connectivity index (χ0) is 11.4. The Hall–Kier alpha value is -0.740. The molecule has 0 unspecified atom stereocenters. The van der Waals surface area contributed by atoms with Crippen LogP contribution in [0.3, 0.4) is 0 Å². The molecule has 0 aliphatic rings. The van der Waals surface area contributed by atoms with Crippen LogP contribution in [0.25, 0.3) is 0 Å². The molecule has 14 heavy (non-hydrogen) atoms. The molecule has 4 N–H and O–H groups in total. The van der Waals surface area contributed by atoms with E-state index >= 15 is 0 Å². The van der Waals surface area contributed by atoms with Gasteiger partial charge < -0.3 is 15.3 Å². The second-order valence-corrected chi connectivity index (χ2v) is 3.68. The Morgan fingerprint density at radius 3 is 1.93 bits per heavy atom. The molecule has 84 valence electrons.